The number of hydrogen-bond acceptors (Lipinski definition) is 2. The SMILES string of the molecule is Cc1ccc(-c2coc3cc(C)c(C)c(C)c3c2=O)cc1C. The van der Waals surface area contributed by atoms with Crippen molar-refractivity contribution >= 4 is 11.0 Å². The summed E-state index contributed by atoms with van der Waals surface area (Å²) >= 11 is 0. The maximum atomic E-state index is 12.9. The van der Waals surface area contributed by atoms with Crippen molar-refractivity contribution in [2.75, 3.05) is 0 Å². The Balaban J connectivity index is 2.35. The van der Waals surface area contributed by atoms with Gasteiger partial charge in [0.15, 0.2) is 0 Å². The van der Waals surface area contributed by atoms with Gasteiger partial charge < -0.3 is 4.42 Å². The lowest BCUT2D eigenvalue weighted by molar-refractivity contribution is 0.604. The Kier molecular flexibility index (Phi) is 3.40. The van der Waals surface area contributed by atoms with Gasteiger partial charge in [-0.1, -0.05) is 18.2 Å². The zero-order valence-electron chi connectivity index (χ0n) is 13.7. The van der Waals surface area contributed by atoms with Crippen LogP contribution in [0, 0.1) is 34.6 Å². The maximum Gasteiger partial charge on any atom is 0.200 e. The fourth-order valence-corrected chi connectivity index (χ4v) is 2.84. The van der Waals surface area contributed by atoms with E-state index in [-0.39, 0.29) is 5.43 Å². The molecule has 0 aliphatic heterocycles. The van der Waals surface area contributed by atoms with Gasteiger partial charge in [0.1, 0.15) is 11.8 Å². The normalized spacial score (nSPS) is 11.1. The second kappa shape index (κ2) is 5.13. The van der Waals surface area contributed by atoms with Crippen LogP contribution >= 0.6 is 0 Å². The first-order valence-corrected chi connectivity index (χ1v) is 7.50. The van der Waals surface area contributed by atoms with E-state index < -0.39 is 0 Å². The number of benzene rings is 2. The van der Waals surface area contributed by atoms with Crippen molar-refractivity contribution in [1.29, 1.82) is 0 Å². The fraction of sp³-hybridized carbons (Fsp3) is 0.250. The molecule has 2 aromatic carbocycles. The summed E-state index contributed by atoms with van der Waals surface area (Å²) in [7, 11) is 0. The summed E-state index contributed by atoms with van der Waals surface area (Å²) in [6.45, 7) is 10.2. The monoisotopic (exact) mass is 292 g/mol. The van der Waals surface area contributed by atoms with E-state index in [0.717, 1.165) is 22.3 Å². The third-order valence-electron chi connectivity index (χ3n) is 4.72. The van der Waals surface area contributed by atoms with Crippen LogP contribution in [0.1, 0.15) is 27.8 Å². The minimum absolute atomic E-state index is 0.0464. The minimum Gasteiger partial charge on any atom is -0.463 e. The molecule has 0 aliphatic rings. The minimum atomic E-state index is 0.0464. The fourth-order valence-electron chi connectivity index (χ4n) is 2.84. The molecule has 0 saturated carbocycles. The number of fused-ring (bicyclic) bond motifs is 1. The molecule has 2 heteroatoms. The van der Waals surface area contributed by atoms with Gasteiger partial charge in [0.25, 0.3) is 0 Å². The Morgan fingerprint density at radius 2 is 1.55 bits per heavy atom. The predicted octanol–water partition coefficient (Wildman–Crippen LogP) is 5.00. The van der Waals surface area contributed by atoms with Crippen LogP contribution < -0.4 is 5.43 Å². The van der Waals surface area contributed by atoms with Gasteiger partial charge in [-0.15, -0.1) is 0 Å². The van der Waals surface area contributed by atoms with Gasteiger partial charge in [0, 0.05) is 0 Å². The van der Waals surface area contributed by atoms with Crippen molar-refractivity contribution in [3.8, 4) is 11.1 Å². The number of hydrogen-bond donors (Lipinski definition) is 0. The Morgan fingerprint density at radius 1 is 0.818 bits per heavy atom. The summed E-state index contributed by atoms with van der Waals surface area (Å²) in [5, 5.41) is 0.693. The van der Waals surface area contributed by atoms with Gasteiger partial charge in [-0.2, -0.15) is 0 Å². The molecule has 0 bridgehead atoms. The summed E-state index contributed by atoms with van der Waals surface area (Å²) in [6.07, 6.45) is 1.59. The molecule has 0 aliphatic carbocycles. The topological polar surface area (TPSA) is 30.2 Å². The van der Waals surface area contributed by atoms with Crippen molar-refractivity contribution in [2.24, 2.45) is 0 Å². The van der Waals surface area contributed by atoms with Crippen molar-refractivity contribution in [1.82, 2.24) is 0 Å². The Morgan fingerprint density at radius 3 is 2.23 bits per heavy atom. The van der Waals surface area contributed by atoms with Crippen LogP contribution in [0.5, 0.6) is 0 Å². The molecule has 0 atom stereocenters. The molecule has 1 heterocycles. The maximum absolute atomic E-state index is 12.9. The molecular weight excluding hydrogens is 272 g/mol. The number of aryl methyl sites for hydroxylation is 4. The quantitative estimate of drug-likeness (QED) is 0.631. The summed E-state index contributed by atoms with van der Waals surface area (Å²) in [5.41, 5.74) is 7.95. The standard InChI is InChI=1S/C20H20O2/c1-11-6-7-16(8-12(11)2)17-10-22-18-9-13(3)14(4)15(5)19(18)20(17)21/h6-10H,1-5H3. The van der Waals surface area contributed by atoms with E-state index in [1.807, 2.05) is 45.0 Å². The first-order chi connectivity index (χ1) is 10.4. The molecule has 0 N–H and O–H groups in total. The van der Waals surface area contributed by atoms with Gasteiger partial charge in [-0.25, -0.2) is 0 Å². The Labute approximate surface area is 130 Å². The van der Waals surface area contributed by atoms with E-state index >= 15 is 0 Å². The van der Waals surface area contributed by atoms with Gasteiger partial charge in [-0.05, 0) is 74.1 Å². The van der Waals surface area contributed by atoms with Crippen LogP contribution in [0.4, 0.5) is 0 Å². The zero-order valence-corrected chi connectivity index (χ0v) is 13.7. The first-order valence-electron chi connectivity index (χ1n) is 7.50. The van der Waals surface area contributed by atoms with Gasteiger partial charge in [-0.3, -0.25) is 4.79 Å². The van der Waals surface area contributed by atoms with E-state index in [1.54, 1.807) is 6.26 Å². The second-order valence-corrected chi connectivity index (χ2v) is 6.09. The van der Waals surface area contributed by atoms with Crippen molar-refractivity contribution in [2.45, 2.75) is 34.6 Å². The van der Waals surface area contributed by atoms with Crippen LogP contribution in [-0.2, 0) is 0 Å². The zero-order chi connectivity index (χ0) is 16.0. The molecular formula is C20H20O2. The van der Waals surface area contributed by atoms with E-state index in [0.29, 0.717) is 16.5 Å². The van der Waals surface area contributed by atoms with Gasteiger partial charge >= 0.3 is 0 Å². The lowest BCUT2D eigenvalue weighted by atomic mass is 9.96. The number of rotatable bonds is 1. The highest BCUT2D eigenvalue weighted by Crippen LogP contribution is 2.26. The molecule has 0 fully saturated rings. The molecule has 0 unspecified atom stereocenters. The van der Waals surface area contributed by atoms with Crippen LogP contribution in [0.3, 0.4) is 0 Å². The Hall–Kier alpha value is -2.35. The van der Waals surface area contributed by atoms with Crippen LogP contribution in [0.2, 0.25) is 0 Å². The third-order valence-corrected chi connectivity index (χ3v) is 4.72. The van der Waals surface area contributed by atoms with E-state index in [1.165, 1.54) is 11.1 Å². The lowest BCUT2D eigenvalue weighted by Crippen LogP contribution is -2.08. The van der Waals surface area contributed by atoms with Crippen LogP contribution in [0.25, 0.3) is 22.1 Å². The molecule has 3 aromatic rings. The van der Waals surface area contributed by atoms with Gasteiger partial charge in [0.2, 0.25) is 5.43 Å². The molecule has 0 radical (unpaired) electrons. The molecule has 112 valence electrons. The van der Waals surface area contributed by atoms with E-state index in [4.69, 9.17) is 4.42 Å². The molecule has 3 rings (SSSR count). The average Bonchev–Trinajstić information content (AvgIpc) is 2.48. The van der Waals surface area contributed by atoms with E-state index in [9.17, 15) is 4.79 Å². The Bertz CT molecular complexity index is 946. The molecule has 2 nitrogen and oxygen atoms in total. The second-order valence-electron chi connectivity index (χ2n) is 6.09. The molecule has 22 heavy (non-hydrogen) atoms. The largest absolute Gasteiger partial charge is 0.463 e. The molecule has 0 amide bonds. The summed E-state index contributed by atoms with van der Waals surface area (Å²) in [4.78, 5) is 12.9. The van der Waals surface area contributed by atoms with Crippen LogP contribution in [-0.4, -0.2) is 0 Å². The predicted molar refractivity (Wildman–Crippen MR) is 91.6 cm³/mol. The summed E-state index contributed by atoms with van der Waals surface area (Å²) in [6, 6.07) is 8.02. The molecule has 0 spiro atoms. The smallest absolute Gasteiger partial charge is 0.200 e. The summed E-state index contributed by atoms with van der Waals surface area (Å²) < 4.78 is 5.76. The van der Waals surface area contributed by atoms with E-state index in [2.05, 4.69) is 13.8 Å². The van der Waals surface area contributed by atoms with Crippen molar-refractivity contribution < 1.29 is 4.42 Å². The van der Waals surface area contributed by atoms with Crippen molar-refractivity contribution in [3.63, 3.8) is 0 Å². The highest BCUT2D eigenvalue weighted by molar-refractivity contribution is 5.86. The highest BCUT2D eigenvalue weighted by Gasteiger charge is 2.14. The molecule has 1 aromatic heterocycles. The summed E-state index contributed by atoms with van der Waals surface area (Å²) in [5.74, 6) is 0. The average molecular weight is 292 g/mol. The van der Waals surface area contributed by atoms with Crippen molar-refractivity contribution in [3.05, 3.63) is 68.6 Å². The van der Waals surface area contributed by atoms with Gasteiger partial charge in [0.05, 0.1) is 10.9 Å². The highest BCUT2D eigenvalue weighted by atomic mass is 16.3. The third kappa shape index (κ3) is 2.16. The molecule has 0 saturated heterocycles. The first kappa shape index (κ1) is 14.6. The lowest BCUT2D eigenvalue weighted by Gasteiger charge is -2.10. The van der Waals surface area contributed by atoms with Crippen LogP contribution in [0.15, 0.2) is 39.7 Å².